The molecule has 3 rings (SSSR count). The van der Waals surface area contributed by atoms with Crippen LogP contribution in [-0.4, -0.2) is 25.8 Å². The van der Waals surface area contributed by atoms with Gasteiger partial charge in [-0.3, -0.25) is 4.79 Å². The summed E-state index contributed by atoms with van der Waals surface area (Å²) in [6.07, 6.45) is 1.58. The number of methoxy groups -OCH3 is 1. The molecular formula is C21H18Br2N2O3. The van der Waals surface area contributed by atoms with Gasteiger partial charge in [0.15, 0.2) is 6.61 Å². The topological polar surface area (TPSA) is 59.9 Å². The Morgan fingerprint density at radius 2 is 1.86 bits per heavy atom. The van der Waals surface area contributed by atoms with Crippen LogP contribution < -0.4 is 14.9 Å². The number of rotatable bonds is 6. The number of amides is 1. The lowest BCUT2D eigenvalue weighted by Gasteiger charge is -2.10. The van der Waals surface area contributed by atoms with Crippen molar-refractivity contribution in [3.05, 3.63) is 68.6 Å². The van der Waals surface area contributed by atoms with Crippen molar-refractivity contribution in [2.24, 2.45) is 5.10 Å². The lowest BCUT2D eigenvalue weighted by molar-refractivity contribution is -0.123. The summed E-state index contributed by atoms with van der Waals surface area (Å²) in [5.41, 5.74) is 4.36. The maximum Gasteiger partial charge on any atom is 0.277 e. The fraction of sp³-hybridized carbons (Fsp3) is 0.143. The summed E-state index contributed by atoms with van der Waals surface area (Å²) >= 11 is 6.88. The second kappa shape index (κ2) is 9.21. The molecule has 1 amide bonds. The molecule has 0 aliphatic heterocycles. The summed E-state index contributed by atoms with van der Waals surface area (Å²) in [5.74, 6) is 0.885. The molecule has 5 nitrogen and oxygen atoms in total. The van der Waals surface area contributed by atoms with Gasteiger partial charge in [0.25, 0.3) is 5.91 Å². The van der Waals surface area contributed by atoms with Crippen molar-refractivity contribution in [1.29, 1.82) is 0 Å². The van der Waals surface area contributed by atoms with E-state index < -0.39 is 0 Å². The molecule has 0 radical (unpaired) electrons. The minimum Gasteiger partial charge on any atom is -0.496 e. The maximum absolute atomic E-state index is 12.1. The van der Waals surface area contributed by atoms with E-state index in [2.05, 4.69) is 42.4 Å². The van der Waals surface area contributed by atoms with E-state index in [4.69, 9.17) is 9.47 Å². The number of carbonyl (C=O) groups excluding carboxylic acids is 1. The fourth-order valence-corrected chi connectivity index (χ4v) is 4.39. The van der Waals surface area contributed by atoms with Crippen LogP contribution >= 0.6 is 31.9 Å². The molecule has 7 heteroatoms. The molecule has 0 aliphatic carbocycles. The molecule has 0 saturated carbocycles. The standard InChI is InChI=1S/C21H18Br2N2O3/c1-13-9-17(22)21(18(23)10-13)28-12-20(26)25-24-11-16-15-6-4-3-5-14(15)7-8-19(16)27-2/h3-11H,12H2,1-2H3,(H,25,26)/b24-11+. The van der Waals surface area contributed by atoms with Crippen LogP contribution in [0.15, 0.2) is 62.6 Å². The molecule has 144 valence electrons. The van der Waals surface area contributed by atoms with Gasteiger partial charge in [-0.05, 0) is 73.3 Å². The van der Waals surface area contributed by atoms with Crippen molar-refractivity contribution in [3.63, 3.8) is 0 Å². The first-order valence-electron chi connectivity index (χ1n) is 8.45. The fourth-order valence-electron chi connectivity index (χ4n) is 2.75. The van der Waals surface area contributed by atoms with Crippen LogP contribution in [0.3, 0.4) is 0 Å². The van der Waals surface area contributed by atoms with Crippen molar-refractivity contribution in [2.75, 3.05) is 13.7 Å². The van der Waals surface area contributed by atoms with Crippen LogP contribution in [0.1, 0.15) is 11.1 Å². The van der Waals surface area contributed by atoms with Crippen molar-refractivity contribution in [1.82, 2.24) is 5.43 Å². The van der Waals surface area contributed by atoms with E-state index in [0.717, 1.165) is 30.8 Å². The lowest BCUT2D eigenvalue weighted by Crippen LogP contribution is -2.24. The first kappa shape index (κ1) is 20.4. The van der Waals surface area contributed by atoms with E-state index in [9.17, 15) is 4.79 Å². The van der Waals surface area contributed by atoms with Crippen LogP contribution in [-0.2, 0) is 4.79 Å². The van der Waals surface area contributed by atoms with Gasteiger partial charge in [0.1, 0.15) is 11.5 Å². The number of ether oxygens (including phenoxy) is 2. The van der Waals surface area contributed by atoms with Crippen LogP contribution in [0, 0.1) is 6.92 Å². The Bertz CT molecular complexity index is 1030. The van der Waals surface area contributed by atoms with Gasteiger partial charge in [-0.25, -0.2) is 5.43 Å². The highest BCUT2D eigenvalue weighted by Gasteiger charge is 2.10. The second-order valence-corrected chi connectivity index (χ2v) is 7.75. The predicted octanol–water partition coefficient (Wildman–Crippen LogP) is 5.21. The SMILES string of the molecule is COc1ccc2ccccc2c1/C=N/NC(=O)COc1c(Br)cc(C)cc1Br. The smallest absolute Gasteiger partial charge is 0.277 e. The molecular weight excluding hydrogens is 488 g/mol. The summed E-state index contributed by atoms with van der Waals surface area (Å²) in [4.78, 5) is 12.1. The zero-order chi connectivity index (χ0) is 20.1. The van der Waals surface area contributed by atoms with E-state index in [0.29, 0.717) is 11.5 Å². The van der Waals surface area contributed by atoms with Gasteiger partial charge in [-0.2, -0.15) is 5.10 Å². The van der Waals surface area contributed by atoms with E-state index >= 15 is 0 Å². The van der Waals surface area contributed by atoms with Gasteiger partial charge in [-0.15, -0.1) is 0 Å². The Morgan fingerprint density at radius 3 is 2.57 bits per heavy atom. The second-order valence-electron chi connectivity index (χ2n) is 6.04. The van der Waals surface area contributed by atoms with Gasteiger partial charge < -0.3 is 9.47 Å². The number of hydrazone groups is 1. The number of hydrogen-bond donors (Lipinski definition) is 1. The zero-order valence-electron chi connectivity index (χ0n) is 15.3. The zero-order valence-corrected chi connectivity index (χ0v) is 18.5. The molecule has 0 heterocycles. The Morgan fingerprint density at radius 1 is 1.14 bits per heavy atom. The minimum absolute atomic E-state index is 0.162. The lowest BCUT2D eigenvalue weighted by atomic mass is 10.0. The van der Waals surface area contributed by atoms with Crippen LogP contribution in [0.25, 0.3) is 10.8 Å². The third-order valence-electron chi connectivity index (χ3n) is 4.02. The quantitative estimate of drug-likeness (QED) is 0.369. The molecule has 0 aliphatic rings. The number of nitrogens with zero attached hydrogens (tertiary/aromatic N) is 1. The summed E-state index contributed by atoms with van der Waals surface area (Å²) in [5, 5.41) is 6.12. The molecule has 0 atom stereocenters. The molecule has 3 aromatic rings. The third-order valence-corrected chi connectivity index (χ3v) is 5.20. The van der Waals surface area contributed by atoms with Gasteiger partial charge >= 0.3 is 0 Å². The molecule has 3 aromatic carbocycles. The molecule has 0 fully saturated rings. The van der Waals surface area contributed by atoms with E-state index in [1.807, 2.05) is 55.5 Å². The van der Waals surface area contributed by atoms with Crippen molar-refractivity contribution in [2.45, 2.75) is 6.92 Å². The Balaban J connectivity index is 1.68. The normalized spacial score (nSPS) is 11.0. The third kappa shape index (κ3) is 4.72. The molecule has 1 N–H and O–H groups in total. The summed E-state index contributed by atoms with van der Waals surface area (Å²) in [6.45, 7) is 1.81. The minimum atomic E-state index is -0.366. The van der Waals surface area contributed by atoms with Gasteiger partial charge in [0.05, 0.1) is 22.3 Å². The average Bonchev–Trinajstić information content (AvgIpc) is 2.67. The average molecular weight is 506 g/mol. The van der Waals surface area contributed by atoms with Crippen molar-refractivity contribution >= 4 is 54.8 Å². The largest absolute Gasteiger partial charge is 0.496 e. The Kier molecular flexibility index (Phi) is 6.70. The highest BCUT2D eigenvalue weighted by Crippen LogP contribution is 2.34. The monoisotopic (exact) mass is 504 g/mol. The van der Waals surface area contributed by atoms with Crippen molar-refractivity contribution in [3.8, 4) is 11.5 Å². The van der Waals surface area contributed by atoms with Gasteiger partial charge in [0.2, 0.25) is 0 Å². The highest BCUT2D eigenvalue weighted by molar-refractivity contribution is 9.11. The first-order chi connectivity index (χ1) is 13.5. The molecule has 0 aromatic heterocycles. The highest BCUT2D eigenvalue weighted by atomic mass is 79.9. The van der Waals surface area contributed by atoms with Crippen molar-refractivity contribution < 1.29 is 14.3 Å². The number of benzene rings is 3. The summed E-state index contributed by atoms with van der Waals surface area (Å²) < 4.78 is 12.6. The number of aryl methyl sites for hydroxylation is 1. The number of nitrogens with one attached hydrogen (secondary N) is 1. The van der Waals surface area contributed by atoms with Crippen LogP contribution in [0.2, 0.25) is 0 Å². The molecule has 0 bridgehead atoms. The number of halogens is 2. The first-order valence-corrected chi connectivity index (χ1v) is 10.0. The Hall–Kier alpha value is -2.38. The van der Waals surface area contributed by atoms with Crippen LogP contribution in [0.5, 0.6) is 11.5 Å². The van der Waals surface area contributed by atoms with E-state index in [1.54, 1.807) is 13.3 Å². The Labute approximate surface area is 180 Å². The van der Waals surface area contributed by atoms with Gasteiger partial charge in [0, 0.05) is 5.56 Å². The van der Waals surface area contributed by atoms with Gasteiger partial charge in [-0.1, -0.05) is 30.3 Å². The number of carbonyl (C=O) groups is 1. The molecule has 28 heavy (non-hydrogen) atoms. The van der Waals surface area contributed by atoms with E-state index in [1.165, 1.54) is 0 Å². The number of fused-ring (bicyclic) bond motifs is 1. The van der Waals surface area contributed by atoms with E-state index in [-0.39, 0.29) is 12.5 Å². The molecule has 0 saturated heterocycles. The summed E-state index contributed by atoms with van der Waals surface area (Å²) in [7, 11) is 1.60. The summed E-state index contributed by atoms with van der Waals surface area (Å²) in [6, 6.07) is 15.6. The molecule has 0 unspecified atom stereocenters. The number of hydrogen-bond acceptors (Lipinski definition) is 4. The maximum atomic E-state index is 12.1. The van der Waals surface area contributed by atoms with Crippen LogP contribution in [0.4, 0.5) is 0 Å². The predicted molar refractivity (Wildman–Crippen MR) is 118 cm³/mol. The molecule has 0 spiro atoms.